The molecule has 2 aliphatic rings. The van der Waals surface area contributed by atoms with Gasteiger partial charge in [0.1, 0.15) is 0 Å². The predicted molar refractivity (Wildman–Crippen MR) is 63.9 cm³/mol. The number of nitrogens with zero attached hydrogens (tertiary/aromatic N) is 2. The van der Waals surface area contributed by atoms with Gasteiger partial charge in [-0.1, -0.05) is 0 Å². The molecule has 0 spiro atoms. The summed E-state index contributed by atoms with van der Waals surface area (Å²) in [6.07, 6.45) is 5.39. The van der Waals surface area contributed by atoms with Crippen molar-refractivity contribution in [2.75, 3.05) is 46.3 Å². The minimum absolute atomic E-state index is 0.623. The van der Waals surface area contributed by atoms with E-state index in [1.54, 1.807) is 0 Å². The summed E-state index contributed by atoms with van der Waals surface area (Å²) in [6.45, 7) is 7.21. The monoisotopic (exact) mass is 211 g/mol. The Bertz CT molecular complexity index is 201. The molecule has 1 heterocycles. The zero-order chi connectivity index (χ0) is 10.7. The van der Waals surface area contributed by atoms with E-state index in [0.29, 0.717) is 5.41 Å². The van der Waals surface area contributed by atoms with Gasteiger partial charge in [0.15, 0.2) is 0 Å². The Morgan fingerprint density at radius 1 is 1.13 bits per heavy atom. The van der Waals surface area contributed by atoms with Gasteiger partial charge in [0.05, 0.1) is 0 Å². The van der Waals surface area contributed by atoms with Gasteiger partial charge in [0.25, 0.3) is 0 Å². The molecule has 88 valence electrons. The number of likely N-dealkylation sites (N-methyl/N-ethyl adjacent to an activating group) is 1. The number of rotatable bonds is 4. The fourth-order valence-electron chi connectivity index (χ4n) is 2.70. The third-order valence-corrected chi connectivity index (χ3v) is 4.00. The molecule has 15 heavy (non-hydrogen) atoms. The van der Waals surface area contributed by atoms with Crippen LogP contribution in [0.5, 0.6) is 0 Å². The molecule has 2 fully saturated rings. The zero-order valence-corrected chi connectivity index (χ0v) is 10.0. The highest BCUT2D eigenvalue weighted by molar-refractivity contribution is 4.95. The van der Waals surface area contributed by atoms with Crippen LogP contribution < -0.4 is 5.73 Å². The van der Waals surface area contributed by atoms with Gasteiger partial charge in [-0.3, -0.25) is 0 Å². The first-order chi connectivity index (χ1) is 7.24. The molecule has 1 aliphatic carbocycles. The molecule has 2 N–H and O–H groups in total. The van der Waals surface area contributed by atoms with Crippen LogP contribution in [-0.4, -0.2) is 56.1 Å². The third-order valence-electron chi connectivity index (χ3n) is 4.00. The van der Waals surface area contributed by atoms with E-state index in [2.05, 4.69) is 16.8 Å². The Morgan fingerprint density at radius 2 is 1.93 bits per heavy atom. The quantitative estimate of drug-likeness (QED) is 0.745. The molecule has 0 aromatic carbocycles. The average Bonchev–Trinajstić information content (AvgIpc) is 2.96. The van der Waals surface area contributed by atoms with Crippen molar-refractivity contribution in [1.29, 1.82) is 0 Å². The molecule has 1 aliphatic heterocycles. The molecule has 0 aromatic heterocycles. The number of hydrogen-bond donors (Lipinski definition) is 1. The average molecular weight is 211 g/mol. The molecule has 1 saturated carbocycles. The first-order valence-electron chi connectivity index (χ1n) is 6.35. The second-order valence-corrected chi connectivity index (χ2v) is 5.47. The SMILES string of the molecule is CN1CCCN(CC2(CCN)CC2)CC1. The molecule has 0 amide bonds. The van der Waals surface area contributed by atoms with E-state index in [-0.39, 0.29) is 0 Å². The van der Waals surface area contributed by atoms with Crippen LogP contribution in [0.3, 0.4) is 0 Å². The molecule has 2 rings (SSSR count). The summed E-state index contributed by atoms with van der Waals surface area (Å²) in [6, 6.07) is 0. The van der Waals surface area contributed by atoms with E-state index in [4.69, 9.17) is 5.73 Å². The molecular formula is C12H25N3. The van der Waals surface area contributed by atoms with E-state index in [1.165, 1.54) is 58.4 Å². The third kappa shape index (κ3) is 3.16. The fraction of sp³-hybridized carbons (Fsp3) is 1.00. The van der Waals surface area contributed by atoms with Crippen LogP contribution in [0.2, 0.25) is 0 Å². The molecule has 3 nitrogen and oxygen atoms in total. The van der Waals surface area contributed by atoms with Gasteiger partial charge in [0.2, 0.25) is 0 Å². The highest BCUT2D eigenvalue weighted by Gasteiger charge is 2.42. The number of hydrogen-bond acceptors (Lipinski definition) is 3. The van der Waals surface area contributed by atoms with E-state index >= 15 is 0 Å². The topological polar surface area (TPSA) is 32.5 Å². The first-order valence-corrected chi connectivity index (χ1v) is 6.35. The van der Waals surface area contributed by atoms with E-state index in [0.717, 1.165) is 6.54 Å². The van der Waals surface area contributed by atoms with Crippen molar-refractivity contribution in [2.45, 2.75) is 25.7 Å². The highest BCUT2D eigenvalue weighted by Crippen LogP contribution is 2.49. The summed E-state index contributed by atoms with van der Waals surface area (Å²) in [4.78, 5) is 5.11. The van der Waals surface area contributed by atoms with Crippen LogP contribution in [0.4, 0.5) is 0 Å². The van der Waals surface area contributed by atoms with Crippen molar-refractivity contribution in [3.63, 3.8) is 0 Å². The van der Waals surface area contributed by atoms with Crippen molar-refractivity contribution in [2.24, 2.45) is 11.1 Å². The maximum atomic E-state index is 5.69. The Kier molecular flexibility index (Phi) is 3.65. The molecule has 0 atom stereocenters. The van der Waals surface area contributed by atoms with Gasteiger partial charge in [-0.15, -0.1) is 0 Å². The Hall–Kier alpha value is -0.120. The van der Waals surface area contributed by atoms with Crippen LogP contribution in [0, 0.1) is 5.41 Å². The lowest BCUT2D eigenvalue weighted by molar-refractivity contribution is 0.219. The van der Waals surface area contributed by atoms with Crippen molar-refractivity contribution in [3.05, 3.63) is 0 Å². The highest BCUT2D eigenvalue weighted by atomic mass is 15.2. The second kappa shape index (κ2) is 4.81. The van der Waals surface area contributed by atoms with Gasteiger partial charge in [0, 0.05) is 19.6 Å². The fourth-order valence-corrected chi connectivity index (χ4v) is 2.70. The molecular weight excluding hydrogens is 186 g/mol. The summed E-state index contributed by atoms with van der Waals surface area (Å²) < 4.78 is 0. The maximum Gasteiger partial charge on any atom is 0.0109 e. The van der Waals surface area contributed by atoms with Gasteiger partial charge in [-0.25, -0.2) is 0 Å². The van der Waals surface area contributed by atoms with Gasteiger partial charge in [-0.05, 0) is 57.8 Å². The number of nitrogens with two attached hydrogens (primary N) is 1. The summed E-state index contributed by atoms with van der Waals surface area (Å²) in [5.74, 6) is 0. The van der Waals surface area contributed by atoms with Gasteiger partial charge in [-0.2, -0.15) is 0 Å². The molecule has 0 bridgehead atoms. The minimum atomic E-state index is 0.623. The van der Waals surface area contributed by atoms with Gasteiger partial charge < -0.3 is 15.5 Å². The van der Waals surface area contributed by atoms with Crippen LogP contribution in [-0.2, 0) is 0 Å². The Balaban J connectivity index is 1.78. The van der Waals surface area contributed by atoms with Crippen LogP contribution >= 0.6 is 0 Å². The largest absolute Gasteiger partial charge is 0.330 e. The van der Waals surface area contributed by atoms with Gasteiger partial charge >= 0.3 is 0 Å². The summed E-state index contributed by atoms with van der Waals surface area (Å²) in [5, 5.41) is 0. The van der Waals surface area contributed by atoms with Crippen molar-refractivity contribution in [3.8, 4) is 0 Å². The van der Waals surface area contributed by atoms with Crippen molar-refractivity contribution < 1.29 is 0 Å². The first kappa shape index (κ1) is 11.4. The molecule has 0 radical (unpaired) electrons. The smallest absolute Gasteiger partial charge is 0.0109 e. The lowest BCUT2D eigenvalue weighted by atomic mass is 10.0. The molecule has 1 saturated heterocycles. The molecule has 0 aromatic rings. The maximum absolute atomic E-state index is 5.69. The lowest BCUT2D eigenvalue weighted by Gasteiger charge is -2.25. The van der Waals surface area contributed by atoms with Crippen LogP contribution in [0.15, 0.2) is 0 Å². The predicted octanol–water partition coefficient (Wildman–Crippen LogP) is 0.753. The van der Waals surface area contributed by atoms with Crippen molar-refractivity contribution in [1.82, 2.24) is 9.80 Å². The minimum Gasteiger partial charge on any atom is -0.330 e. The van der Waals surface area contributed by atoms with E-state index in [1.807, 2.05) is 0 Å². The molecule has 0 unspecified atom stereocenters. The second-order valence-electron chi connectivity index (χ2n) is 5.47. The molecule has 3 heteroatoms. The summed E-state index contributed by atoms with van der Waals surface area (Å²) in [7, 11) is 2.23. The standard InChI is InChI=1S/C12H25N3/c1-14-7-2-8-15(10-9-14)11-12(3-4-12)5-6-13/h2-11,13H2,1H3. The van der Waals surface area contributed by atoms with E-state index in [9.17, 15) is 0 Å². The van der Waals surface area contributed by atoms with Crippen LogP contribution in [0.1, 0.15) is 25.7 Å². The normalized spacial score (nSPS) is 27.6. The summed E-state index contributed by atoms with van der Waals surface area (Å²) >= 11 is 0. The summed E-state index contributed by atoms with van der Waals surface area (Å²) in [5.41, 5.74) is 6.31. The lowest BCUT2D eigenvalue weighted by Crippen LogP contribution is -2.34. The zero-order valence-electron chi connectivity index (χ0n) is 10.0. The Morgan fingerprint density at radius 3 is 2.60 bits per heavy atom. The Labute approximate surface area is 93.6 Å². The van der Waals surface area contributed by atoms with E-state index < -0.39 is 0 Å². The van der Waals surface area contributed by atoms with Crippen molar-refractivity contribution >= 4 is 0 Å². The van der Waals surface area contributed by atoms with Crippen LogP contribution in [0.25, 0.3) is 0 Å².